The minimum atomic E-state index is -0.884. The molecule has 0 aromatic rings. The van der Waals surface area contributed by atoms with Crippen molar-refractivity contribution in [3.8, 4) is 0 Å². The molecule has 0 aromatic heterocycles. The average Bonchev–Trinajstić information content (AvgIpc) is 3.18. The lowest BCUT2D eigenvalue weighted by Crippen LogP contribution is -2.50. The van der Waals surface area contributed by atoms with Crippen molar-refractivity contribution >= 4 is 18.1 Å². The molecule has 1 saturated heterocycles. The third kappa shape index (κ3) is 32.1. The Labute approximate surface area is 348 Å². The number of likely N-dealkylation sites (N-methyl/N-ethyl adjacent to an activating group) is 1. The lowest BCUT2D eigenvalue weighted by Gasteiger charge is -2.34. The van der Waals surface area contributed by atoms with Gasteiger partial charge in [0.05, 0.1) is 18.9 Å². The predicted molar refractivity (Wildman–Crippen MR) is 230 cm³/mol. The summed E-state index contributed by atoms with van der Waals surface area (Å²) >= 11 is 0. The molecule has 332 valence electrons. The summed E-state index contributed by atoms with van der Waals surface area (Å²) < 4.78 is 28.7. The van der Waals surface area contributed by atoms with E-state index in [0.717, 1.165) is 70.6 Å². The van der Waals surface area contributed by atoms with Gasteiger partial charge in [-0.1, -0.05) is 141 Å². The third-order valence-corrected chi connectivity index (χ3v) is 10.6. The van der Waals surface area contributed by atoms with Gasteiger partial charge in [-0.3, -0.25) is 14.5 Å². The van der Waals surface area contributed by atoms with Crippen molar-refractivity contribution in [3.63, 3.8) is 0 Å². The summed E-state index contributed by atoms with van der Waals surface area (Å²) in [5.41, 5.74) is 0. The maximum Gasteiger partial charge on any atom is 0.508 e. The minimum absolute atomic E-state index is 0.0375. The maximum atomic E-state index is 13.0. The van der Waals surface area contributed by atoms with E-state index in [1.165, 1.54) is 70.6 Å². The first-order valence-electron chi connectivity index (χ1n) is 23.2. The zero-order chi connectivity index (χ0) is 41.6. The molecule has 10 heteroatoms. The maximum absolute atomic E-state index is 13.0. The van der Waals surface area contributed by atoms with Gasteiger partial charge in [-0.05, 0) is 64.8 Å². The average molecular weight is 808 g/mol. The molecule has 0 bridgehead atoms. The fourth-order valence-electron chi connectivity index (χ4n) is 6.95. The highest BCUT2D eigenvalue weighted by molar-refractivity contribution is 5.70. The highest BCUT2D eigenvalue weighted by Crippen LogP contribution is 2.22. The number of esters is 1. The van der Waals surface area contributed by atoms with Gasteiger partial charge in [-0.15, -0.1) is 0 Å². The van der Waals surface area contributed by atoms with Crippen LogP contribution in [-0.4, -0.2) is 87.1 Å². The van der Waals surface area contributed by atoms with Crippen molar-refractivity contribution in [1.82, 2.24) is 4.90 Å². The summed E-state index contributed by atoms with van der Waals surface area (Å²) in [6.45, 7) is 9.03. The van der Waals surface area contributed by atoms with Gasteiger partial charge in [0, 0.05) is 38.6 Å². The number of carbonyl (C=O) groups excluding carboxylic acids is 2. The molecule has 2 unspecified atom stereocenters. The van der Waals surface area contributed by atoms with Crippen LogP contribution in [0.25, 0.3) is 0 Å². The van der Waals surface area contributed by atoms with Crippen molar-refractivity contribution in [3.05, 3.63) is 24.3 Å². The van der Waals surface area contributed by atoms with Crippen LogP contribution in [0.1, 0.15) is 188 Å². The second-order valence-electron chi connectivity index (χ2n) is 16.3. The zero-order valence-electron chi connectivity index (χ0n) is 36.9. The molecule has 10 nitrogen and oxygen atoms in total. The fraction of sp³-hybridized carbons (Fsp3) is 0.851. The summed E-state index contributed by atoms with van der Waals surface area (Å²) in [5.74, 6) is -2.39. The summed E-state index contributed by atoms with van der Waals surface area (Å²) in [6.07, 6.45) is 33.6. The number of hydrogen-bond acceptors (Lipinski definition) is 9. The summed E-state index contributed by atoms with van der Waals surface area (Å²) in [4.78, 5) is 39.8. The monoisotopic (exact) mass is 808 g/mol. The highest BCUT2D eigenvalue weighted by Gasteiger charge is 2.29. The largest absolute Gasteiger partial charge is 0.508 e. The van der Waals surface area contributed by atoms with Crippen molar-refractivity contribution in [2.24, 2.45) is 11.8 Å². The summed E-state index contributed by atoms with van der Waals surface area (Å²) in [7, 11) is 1.94. The van der Waals surface area contributed by atoms with E-state index in [0.29, 0.717) is 39.1 Å². The molecule has 0 aromatic carbocycles. The quantitative estimate of drug-likeness (QED) is 0.0277. The molecular weight excluding hydrogens is 723 g/mol. The number of ether oxygens (including phenoxy) is 5. The van der Waals surface area contributed by atoms with E-state index in [2.05, 4.69) is 45.1 Å². The van der Waals surface area contributed by atoms with Crippen LogP contribution in [0, 0.1) is 11.8 Å². The number of carboxylic acids is 1. The van der Waals surface area contributed by atoms with Crippen molar-refractivity contribution in [1.29, 1.82) is 0 Å². The van der Waals surface area contributed by atoms with Gasteiger partial charge >= 0.3 is 18.1 Å². The van der Waals surface area contributed by atoms with Crippen LogP contribution < -0.4 is 0 Å². The highest BCUT2D eigenvalue weighted by atomic mass is 16.7. The third-order valence-electron chi connectivity index (χ3n) is 10.6. The molecule has 1 rings (SSSR count). The van der Waals surface area contributed by atoms with Gasteiger partial charge in [-0.25, -0.2) is 4.79 Å². The van der Waals surface area contributed by atoms with Gasteiger partial charge in [0.25, 0.3) is 0 Å². The molecule has 0 radical (unpaired) electrons. The minimum Gasteiger partial charge on any atom is -0.481 e. The molecule has 0 amide bonds. The summed E-state index contributed by atoms with van der Waals surface area (Å²) in [6, 6.07) is 0. The number of carbonyl (C=O) groups is 3. The van der Waals surface area contributed by atoms with Gasteiger partial charge in [0.15, 0.2) is 6.29 Å². The van der Waals surface area contributed by atoms with Crippen molar-refractivity contribution in [2.45, 2.75) is 200 Å². The molecule has 57 heavy (non-hydrogen) atoms. The first-order valence-corrected chi connectivity index (χ1v) is 23.2. The number of hydrogen-bond donors (Lipinski definition) is 1. The molecule has 1 aliphatic heterocycles. The van der Waals surface area contributed by atoms with E-state index in [9.17, 15) is 19.5 Å². The van der Waals surface area contributed by atoms with E-state index in [1.807, 2.05) is 11.9 Å². The van der Waals surface area contributed by atoms with Gasteiger partial charge in [0.2, 0.25) is 0 Å². The Balaban J connectivity index is 2.61. The Morgan fingerprint density at radius 3 is 1.74 bits per heavy atom. The summed E-state index contributed by atoms with van der Waals surface area (Å²) in [5, 5.41) is 10.1. The van der Waals surface area contributed by atoms with E-state index in [-0.39, 0.29) is 32.2 Å². The molecule has 1 aliphatic rings. The zero-order valence-corrected chi connectivity index (χ0v) is 36.9. The molecule has 0 aliphatic carbocycles. The molecule has 0 spiro atoms. The van der Waals surface area contributed by atoms with Crippen LogP contribution in [0.2, 0.25) is 0 Å². The van der Waals surface area contributed by atoms with Gasteiger partial charge in [-0.2, -0.15) is 0 Å². The fourth-order valence-corrected chi connectivity index (χ4v) is 6.95. The van der Waals surface area contributed by atoms with Crippen molar-refractivity contribution < 1.29 is 43.2 Å². The van der Waals surface area contributed by atoms with Gasteiger partial charge in [0.1, 0.15) is 12.7 Å². The SMILES string of the molecule is CCCCC/C=C\C/C=C\CCCCCCC(CC(COC(=O)CCC(OCCCCCCCC)OCCCCCCCC)COC(=O)OC1CN(C)C1)C(=O)O. The molecule has 1 fully saturated rings. The Hall–Kier alpha value is -2.43. The van der Waals surface area contributed by atoms with Crippen molar-refractivity contribution in [2.75, 3.05) is 46.6 Å². The van der Waals surface area contributed by atoms with E-state index < -0.39 is 36.2 Å². The van der Waals surface area contributed by atoms with E-state index >= 15 is 0 Å². The topological polar surface area (TPSA) is 121 Å². The van der Waals surface area contributed by atoms with E-state index in [4.69, 9.17) is 23.7 Å². The number of aliphatic carboxylic acids is 1. The number of allylic oxidation sites excluding steroid dienone is 4. The first-order chi connectivity index (χ1) is 27.8. The van der Waals surface area contributed by atoms with Crippen LogP contribution in [0.5, 0.6) is 0 Å². The number of likely N-dealkylation sites (tertiary alicyclic amines) is 1. The number of carboxylic acid groups (broad SMARTS) is 1. The number of nitrogens with zero attached hydrogens (tertiary/aromatic N) is 1. The number of unbranched alkanes of at least 4 members (excludes halogenated alkanes) is 17. The molecule has 1 N–H and O–H groups in total. The smallest absolute Gasteiger partial charge is 0.481 e. The first kappa shape index (κ1) is 52.6. The number of rotatable bonds is 40. The molecular formula is C47H85NO9. The molecule has 1 heterocycles. The second kappa shape index (κ2) is 37.8. The Kier molecular flexibility index (Phi) is 34.9. The van der Waals surface area contributed by atoms with E-state index in [1.54, 1.807) is 0 Å². The lowest BCUT2D eigenvalue weighted by molar-refractivity contribution is -0.160. The second-order valence-corrected chi connectivity index (χ2v) is 16.3. The Morgan fingerprint density at radius 1 is 0.649 bits per heavy atom. The van der Waals surface area contributed by atoms with Gasteiger partial charge < -0.3 is 28.8 Å². The molecule has 0 saturated carbocycles. The Morgan fingerprint density at radius 2 is 1.16 bits per heavy atom. The standard InChI is InChI=1S/C47H85NO9/c1-5-8-11-14-17-18-19-20-21-22-23-24-25-28-31-42(46(50)51)36-41(40-56-47(52)57-43-37-48(4)38-43)39-55-44(49)32-33-45(53-34-29-26-15-12-9-6-2)54-35-30-27-16-13-10-7-3/h17-18,20-21,41-43,45H,5-16,19,22-40H2,1-4H3,(H,50,51)/b18-17-,21-20-. The Bertz CT molecular complexity index is 1010. The van der Waals surface area contributed by atoms with Crippen LogP contribution in [0.15, 0.2) is 24.3 Å². The van der Waals surface area contributed by atoms with Crippen LogP contribution in [0.3, 0.4) is 0 Å². The predicted octanol–water partition coefficient (Wildman–Crippen LogP) is 12.0. The van der Waals surface area contributed by atoms with Crippen LogP contribution >= 0.6 is 0 Å². The van der Waals surface area contributed by atoms with Crippen LogP contribution in [-0.2, 0) is 33.3 Å². The van der Waals surface area contributed by atoms with Crippen LogP contribution in [0.4, 0.5) is 4.79 Å². The normalized spacial score (nSPS) is 14.7. The molecule has 2 atom stereocenters. The lowest BCUT2D eigenvalue weighted by atomic mass is 9.90.